The molecule has 13 heavy (non-hydrogen) atoms. The molecule has 0 saturated heterocycles. The van der Waals surface area contributed by atoms with Crippen LogP contribution in [0.15, 0.2) is 30.3 Å². The fourth-order valence-electron chi connectivity index (χ4n) is 1.37. The van der Waals surface area contributed by atoms with Crippen molar-refractivity contribution in [2.24, 2.45) is 5.73 Å². The Hall–Kier alpha value is -1.97. The molecule has 66 valence electrons. The van der Waals surface area contributed by atoms with Crippen molar-refractivity contribution in [3.63, 3.8) is 0 Å². The number of amides is 1. The monoisotopic (exact) mass is 175 g/mol. The molecule has 0 aliphatic heterocycles. The van der Waals surface area contributed by atoms with Crippen LogP contribution in [0, 0.1) is 0 Å². The van der Waals surface area contributed by atoms with E-state index in [1.165, 1.54) is 4.68 Å². The normalized spacial score (nSPS) is 10.5. The summed E-state index contributed by atoms with van der Waals surface area (Å²) in [5.74, 6) is 5.14. The second-order valence-electron chi connectivity index (χ2n) is 2.82. The Kier molecular flexibility index (Phi) is 1.48. The lowest BCUT2D eigenvalue weighted by Gasteiger charge is -1.98. The van der Waals surface area contributed by atoms with Crippen molar-refractivity contribution in [2.45, 2.75) is 0 Å². The van der Waals surface area contributed by atoms with Gasteiger partial charge in [-0.25, -0.2) is 0 Å². The van der Waals surface area contributed by atoms with Gasteiger partial charge in [-0.15, -0.1) is 0 Å². The summed E-state index contributed by atoms with van der Waals surface area (Å²) in [6, 6.07) is 9.13. The van der Waals surface area contributed by atoms with E-state index >= 15 is 0 Å². The summed E-state index contributed by atoms with van der Waals surface area (Å²) in [5.41, 5.74) is 6.26. The van der Waals surface area contributed by atoms with Crippen LogP contribution in [0.4, 0.5) is 0 Å². The maximum absolute atomic E-state index is 10.9. The van der Waals surface area contributed by atoms with Crippen molar-refractivity contribution in [2.75, 3.05) is 5.84 Å². The van der Waals surface area contributed by atoms with E-state index in [2.05, 4.69) is 0 Å². The lowest BCUT2D eigenvalue weighted by molar-refractivity contribution is 0.0993. The first-order chi connectivity index (χ1) is 6.20. The minimum Gasteiger partial charge on any atom is -0.364 e. The molecular weight excluding hydrogens is 166 g/mol. The molecule has 0 spiro atoms. The van der Waals surface area contributed by atoms with Gasteiger partial charge >= 0.3 is 0 Å². The van der Waals surface area contributed by atoms with Gasteiger partial charge in [0.1, 0.15) is 5.69 Å². The quantitative estimate of drug-likeness (QED) is 0.617. The fourth-order valence-corrected chi connectivity index (χ4v) is 1.37. The molecule has 0 saturated carbocycles. The number of hydrogen-bond donors (Lipinski definition) is 2. The average Bonchev–Trinajstić information content (AvgIpc) is 2.45. The topological polar surface area (TPSA) is 74.0 Å². The Morgan fingerprint density at radius 2 is 2.00 bits per heavy atom. The van der Waals surface area contributed by atoms with Crippen molar-refractivity contribution in [1.29, 1.82) is 0 Å². The zero-order valence-electron chi connectivity index (χ0n) is 6.90. The largest absolute Gasteiger partial charge is 0.364 e. The molecule has 0 unspecified atom stereocenters. The van der Waals surface area contributed by atoms with Gasteiger partial charge in [-0.05, 0) is 12.1 Å². The summed E-state index contributed by atoms with van der Waals surface area (Å²) >= 11 is 0. The van der Waals surface area contributed by atoms with Gasteiger partial charge in [0.2, 0.25) is 0 Å². The van der Waals surface area contributed by atoms with Gasteiger partial charge in [0.05, 0.1) is 5.52 Å². The highest BCUT2D eigenvalue weighted by Gasteiger charge is 2.09. The molecule has 0 atom stereocenters. The number of benzene rings is 1. The van der Waals surface area contributed by atoms with Crippen LogP contribution in [0.2, 0.25) is 0 Å². The average molecular weight is 175 g/mol. The van der Waals surface area contributed by atoms with Gasteiger partial charge in [0.25, 0.3) is 5.91 Å². The molecule has 2 rings (SSSR count). The summed E-state index contributed by atoms with van der Waals surface area (Å²) in [6.45, 7) is 0. The van der Waals surface area contributed by atoms with Crippen molar-refractivity contribution < 1.29 is 4.79 Å². The third-order valence-electron chi connectivity index (χ3n) is 2.00. The molecule has 1 amide bonds. The van der Waals surface area contributed by atoms with Crippen molar-refractivity contribution >= 4 is 16.8 Å². The van der Waals surface area contributed by atoms with Crippen LogP contribution in [-0.4, -0.2) is 10.6 Å². The maximum Gasteiger partial charge on any atom is 0.267 e. The van der Waals surface area contributed by atoms with Crippen LogP contribution >= 0.6 is 0 Å². The predicted molar refractivity (Wildman–Crippen MR) is 50.6 cm³/mol. The van der Waals surface area contributed by atoms with Crippen LogP contribution in [0.3, 0.4) is 0 Å². The number of carbonyl (C=O) groups excluding carboxylic acids is 1. The van der Waals surface area contributed by atoms with E-state index < -0.39 is 5.91 Å². The Morgan fingerprint density at radius 3 is 2.62 bits per heavy atom. The van der Waals surface area contributed by atoms with E-state index in [-0.39, 0.29) is 0 Å². The molecule has 4 N–H and O–H groups in total. The molecule has 1 heterocycles. The Labute approximate surface area is 74.7 Å². The number of rotatable bonds is 1. The number of nitrogen functional groups attached to an aromatic ring is 1. The number of carbonyl (C=O) groups is 1. The van der Waals surface area contributed by atoms with E-state index in [1.807, 2.05) is 24.3 Å². The van der Waals surface area contributed by atoms with Gasteiger partial charge in [0.15, 0.2) is 0 Å². The molecule has 1 aromatic carbocycles. The number of hydrogen-bond acceptors (Lipinski definition) is 2. The first-order valence-corrected chi connectivity index (χ1v) is 3.85. The maximum atomic E-state index is 10.9. The smallest absolute Gasteiger partial charge is 0.267 e. The summed E-state index contributed by atoms with van der Waals surface area (Å²) in [5, 5.41) is 0.916. The molecule has 0 fully saturated rings. The molecule has 4 nitrogen and oxygen atoms in total. The third-order valence-corrected chi connectivity index (χ3v) is 2.00. The highest BCUT2D eigenvalue weighted by molar-refractivity contribution is 5.97. The van der Waals surface area contributed by atoms with Gasteiger partial charge in [-0.1, -0.05) is 18.2 Å². The zero-order chi connectivity index (χ0) is 9.42. The molecule has 0 radical (unpaired) electrons. The summed E-state index contributed by atoms with van der Waals surface area (Å²) < 4.78 is 1.30. The predicted octanol–water partition coefficient (Wildman–Crippen LogP) is 0.454. The second-order valence-corrected chi connectivity index (χ2v) is 2.82. The summed E-state index contributed by atoms with van der Waals surface area (Å²) in [7, 11) is 0. The number of nitrogens with zero attached hydrogens (tertiary/aromatic N) is 1. The van der Waals surface area contributed by atoms with Gasteiger partial charge in [-0.3, -0.25) is 9.47 Å². The van der Waals surface area contributed by atoms with E-state index in [9.17, 15) is 4.79 Å². The lowest BCUT2D eigenvalue weighted by atomic mass is 10.2. The Morgan fingerprint density at radius 1 is 1.31 bits per heavy atom. The van der Waals surface area contributed by atoms with Gasteiger partial charge < -0.3 is 11.6 Å². The molecular formula is C9H9N3O. The van der Waals surface area contributed by atoms with E-state index in [0.29, 0.717) is 5.69 Å². The van der Waals surface area contributed by atoms with E-state index in [1.54, 1.807) is 6.07 Å². The van der Waals surface area contributed by atoms with Gasteiger partial charge in [-0.2, -0.15) is 0 Å². The number of nitrogens with two attached hydrogens (primary N) is 2. The standard InChI is InChI=1S/C9H9N3O/c10-9(13)8-5-6-3-1-2-4-7(6)12(8)11/h1-5H,11H2,(H2,10,13). The van der Waals surface area contributed by atoms with Crippen molar-refractivity contribution in [3.8, 4) is 0 Å². The molecule has 0 aliphatic rings. The van der Waals surface area contributed by atoms with Crippen LogP contribution in [-0.2, 0) is 0 Å². The molecule has 4 heteroatoms. The first kappa shape index (κ1) is 7.67. The minimum absolute atomic E-state index is 0.321. The van der Waals surface area contributed by atoms with Crippen LogP contribution in [0.5, 0.6) is 0 Å². The number of primary amides is 1. The third kappa shape index (κ3) is 1.03. The summed E-state index contributed by atoms with van der Waals surface area (Å²) in [4.78, 5) is 10.9. The molecule has 0 aliphatic carbocycles. The second kappa shape index (κ2) is 2.52. The lowest BCUT2D eigenvalue weighted by Crippen LogP contribution is -2.21. The minimum atomic E-state index is -0.515. The molecule has 2 aromatic rings. The molecule has 0 bridgehead atoms. The van der Waals surface area contributed by atoms with Crippen LogP contribution in [0.1, 0.15) is 10.5 Å². The van der Waals surface area contributed by atoms with E-state index in [0.717, 1.165) is 10.9 Å². The van der Waals surface area contributed by atoms with Crippen LogP contribution < -0.4 is 11.6 Å². The fraction of sp³-hybridized carbons (Fsp3) is 0. The number of aromatic nitrogens is 1. The highest BCUT2D eigenvalue weighted by atomic mass is 16.1. The van der Waals surface area contributed by atoms with Crippen molar-refractivity contribution in [1.82, 2.24) is 4.68 Å². The highest BCUT2D eigenvalue weighted by Crippen LogP contribution is 2.16. The summed E-state index contributed by atoms with van der Waals surface area (Å²) in [6.07, 6.45) is 0. The van der Waals surface area contributed by atoms with Gasteiger partial charge in [0, 0.05) is 5.39 Å². The Balaban J connectivity index is 2.81. The SMILES string of the molecule is NC(=O)c1cc2ccccc2n1N. The first-order valence-electron chi connectivity index (χ1n) is 3.85. The van der Waals surface area contributed by atoms with Crippen LogP contribution in [0.25, 0.3) is 10.9 Å². The zero-order valence-corrected chi connectivity index (χ0v) is 6.90. The Bertz CT molecular complexity index is 473. The number of para-hydroxylation sites is 1. The van der Waals surface area contributed by atoms with E-state index in [4.69, 9.17) is 11.6 Å². The number of fused-ring (bicyclic) bond motifs is 1. The van der Waals surface area contributed by atoms with Crippen molar-refractivity contribution in [3.05, 3.63) is 36.0 Å². The molecule has 1 aromatic heterocycles.